The van der Waals surface area contributed by atoms with Gasteiger partial charge < -0.3 is 25.4 Å². The molecule has 1 saturated heterocycles. The van der Waals surface area contributed by atoms with Gasteiger partial charge in [-0.1, -0.05) is 18.2 Å². The van der Waals surface area contributed by atoms with E-state index >= 15 is 0 Å². The molecule has 0 unspecified atom stereocenters. The van der Waals surface area contributed by atoms with Gasteiger partial charge in [0.25, 0.3) is 0 Å². The van der Waals surface area contributed by atoms with E-state index in [2.05, 4.69) is 22.8 Å². The highest BCUT2D eigenvalue weighted by atomic mass is 16.5. The first kappa shape index (κ1) is 26.5. The van der Waals surface area contributed by atoms with E-state index in [9.17, 15) is 19.5 Å². The molecule has 0 aromatic heterocycles. The summed E-state index contributed by atoms with van der Waals surface area (Å²) in [6.07, 6.45) is 6.89. The molecule has 0 spiro atoms. The Morgan fingerprint density at radius 2 is 1.73 bits per heavy atom. The lowest BCUT2D eigenvalue weighted by molar-refractivity contribution is -0.148. The Bertz CT molecular complexity index is 1110. The number of carbonyl (C=O) groups is 3. The molecule has 2 fully saturated rings. The monoisotopic (exact) mass is 507 g/mol. The first-order valence-electron chi connectivity index (χ1n) is 13.2. The van der Waals surface area contributed by atoms with Gasteiger partial charge in [-0.3, -0.25) is 4.79 Å². The molecule has 3 amide bonds. The molecule has 0 radical (unpaired) electrons. The van der Waals surface area contributed by atoms with Crippen LogP contribution in [0.25, 0.3) is 0 Å². The molecule has 2 aromatic carbocycles. The number of carboxylic acid groups (broad SMARTS) is 1. The molecule has 37 heavy (non-hydrogen) atoms. The molecule has 8 heteroatoms. The third-order valence-electron chi connectivity index (χ3n) is 7.71. The molecule has 1 heterocycles. The van der Waals surface area contributed by atoms with Crippen LogP contribution < -0.4 is 15.4 Å². The van der Waals surface area contributed by atoms with Crippen molar-refractivity contribution in [3.8, 4) is 5.75 Å². The number of nitrogens with one attached hydrogen (secondary N) is 2. The van der Waals surface area contributed by atoms with Crippen molar-refractivity contribution in [1.82, 2.24) is 4.90 Å². The molecular weight excluding hydrogens is 470 g/mol. The SMILES string of the molecule is COc1ccc(C)cc1NC(=O)Nc1ccc([C@H]2CC[C@H](CCC(=O)N3CCC[C@H]3C(=O)O)CC2)cc1. The van der Waals surface area contributed by atoms with Crippen molar-refractivity contribution in [3.05, 3.63) is 53.6 Å². The van der Waals surface area contributed by atoms with Crippen LogP contribution in [-0.4, -0.2) is 47.6 Å². The van der Waals surface area contributed by atoms with Gasteiger partial charge in [0, 0.05) is 18.7 Å². The maximum Gasteiger partial charge on any atom is 0.326 e. The Morgan fingerprint density at radius 3 is 2.41 bits per heavy atom. The second-order valence-electron chi connectivity index (χ2n) is 10.2. The third kappa shape index (κ3) is 6.81. The van der Waals surface area contributed by atoms with E-state index in [-0.39, 0.29) is 11.9 Å². The van der Waals surface area contributed by atoms with Gasteiger partial charge in [-0.05, 0) is 99.1 Å². The summed E-state index contributed by atoms with van der Waals surface area (Å²) in [4.78, 5) is 38.0. The van der Waals surface area contributed by atoms with Crippen molar-refractivity contribution < 1.29 is 24.2 Å². The standard InChI is InChI=1S/C29H37N3O5/c1-19-5-15-26(37-2)24(18-19)31-29(36)30-23-13-11-22(12-14-23)21-9-6-20(7-10-21)8-16-27(33)32-17-3-4-25(32)28(34)35/h5,11-15,18,20-21,25H,3-4,6-10,16-17H2,1-2H3,(H,34,35)(H2,30,31,36)/t20-,21-,25-/m0/s1. The number of nitrogens with zero attached hydrogens (tertiary/aromatic N) is 1. The first-order chi connectivity index (χ1) is 17.8. The zero-order chi connectivity index (χ0) is 26.4. The fraction of sp³-hybridized carbons (Fsp3) is 0.483. The fourth-order valence-electron chi connectivity index (χ4n) is 5.62. The van der Waals surface area contributed by atoms with E-state index in [1.165, 1.54) is 5.56 Å². The zero-order valence-electron chi connectivity index (χ0n) is 21.7. The van der Waals surface area contributed by atoms with Crippen molar-refractivity contribution in [2.75, 3.05) is 24.3 Å². The second kappa shape index (κ2) is 12.1. The number of carbonyl (C=O) groups excluding carboxylic acids is 2. The summed E-state index contributed by atoms with van der Waals surface area (Å²) < 4.78 is 5.32. The third-order valence-corrected chi connectivity index (χ3v) is 7.71. The van der Waals surface area contributed by atoms with Crippen LogP contribution in [0.5, 0.6) is 5.75 Å². The Kier molecular flexibility index (Phi) is 8.69. The van der Waals surface area contributed by atoms with E-state index in [1.54, 1.807) is 12.0 Å². The number of hydrogen-bond donors (Lipinski definition) is 3. The molecule has 2 aliphatic rings. The molecular formula is C29H37N3O5. The van der Waals surface area contributed by atoms with Crippen LogP contribution in [0.2, 0.25) is 0 Å². The highest BCUT2D eigenvalue weighted by Gasteiger charge is 2.34. The summed E-state index contributed by atoms with van der Waals surface area (Å²) in [7, 11) is 1.57. The van der Waals surface area contributed by atoms with E-state index in [1.807, 2.05) is 37.3 Å². The molecule has 3 N–H and O–H groups in total. The zero-order valence-corrected chi connectivity index (χ0v) is 21.7. The molecule has 1 saturated carbocycles. The molecule has 1 aliphatic carbocycles. The Balaban J connectivity index is 1.22. The van der Waals surface area contributed by atoms with Crippen molar-refractivity contribution in [3.63, 3.8) is 0 Å². The van der Waals surface area contributed by atoms with Gasteiger partial charge in [-0.15, -0.1) is 0 Å². The minimum atomic E-state index is -0.889. The normalized spacial score (nSPS) is 21.4. The quantitative estimate of drug-likeness (QED) is 0.420. The number of rotatable bonds is 8. The van der Waals surface area contributed by atoms with E-state index < -0.39 is 12.0 Å². The van der Waals surface area contributed by atoms with Crippen molar-refractivity contribution in [2.45, 2.75) is 70.3 Å². The predicted octanol–water partition coefficient (Wildman–Crippen LogP) is 5.78. The van der Waals surface area contributed by atoms with Crippen molar-refractivity contribution in [1.29, 1.82) is 0 Å². The van der Waals surface area contributed by atoms with Gasteiger partial charge in [0.15, 0.2) is 0 Å². The van der Waals surface area contributed by atoms with Crippen LogP contribution in [0.1, 0.15) is 68.4 Å². The number of likely N-dealkylation sites (tertiary alicyclic amines) is 1. The average Bonchev–Trinajstić information content (AvgIpc) is 3.39. The maximum absolute atomic E-state index is 12.6. The van der Waals surface area contributed by atoms with Gasteiger partial charge in [0.2, 0.25) is 5.91 Å². The number of carboxylic acids is 1. The molecule has 1 atom stereocenters. The number of benzene rings is 2. The largest absolute Gasteiger partial charge is 0.495 e. The van der Waals surface area contributed by atoms with Gasteiger partial charge >= 0.3 is 12.0 Å². The number of methoxy groups -OCH3 is 1. The average molecular weight is 508 g/mol. The Hall–Kier alpha value is -3.55. The topological polar surface area (TPSA) is 108 Å². The summed E-state index contributed by atoms with van der Waals surface area (Å²) in [5, 5.41) is 15.0. The number of hydrogen-bond acceptors (Lipinski definition) is 4. The van der Waals surface area contributed by atoms with Crippen LogP contribution >= 0.6 is 0 Å². The number of aliphatic carboxylic acids is 1. The number of urea groups is 1. The minimum Gasteiger partial charge on any atom is -0.495 e. The number of anilines is 2. The number of aryl methyl sites for hydroxylation is 1. The summed E-state index contributed by atoms with van der Waals surface area (Å²) in [6, 6.07) is 12.7. The van der Waals surface area contributed by atoms with Crippen LogP contribution in [0.15, 0.2) is 42.5 Å². The van der Waals surface area contributed by atoms with Crippen LogP contribution in [-0.2, 0) is 9.59 Å². The van der Waals surface area contributed by atoms with Gasteiger partial charge in [0.1, 0.15) is 11.8 Å². The molecule has 198 valence electrons. The summed E-state index contributed by atoms with van der Waals surface area (Å²) in [6.45, 7) is 2.52. The lowest BCUT2D eigenvalue weighted by atomic mass is 9.77. The van der Waals surface area contributed by atoms with Gasteiger partial charge in [-0.25, -0.2) is 9.59 Å². The summed E-state index contributed by atoms with van der Waals surface area (Å²) in [5.41, 5.74) is 3.64. The van der Waals surface area contributed by atoms with E-state index in [0.717, 1.165) is 49.8 Å². The van der Waals surface area contributed by atoms with Gasteiger partial charge in [-0.2, -0.15) is 0 Å². The molecule has 2 aromatic rings. The molecule has 8 nitrogen and oxygen atoms in total. The smallest absolute Gasteiger partial charge is 0.326 e. The maximum atomic E-state index is 12.6. The number of ether oxygens (including phenoxy) is 1. The lowest BCUT2D eigenvalue weighted by Gasteiger charge is -2.29. The Morgan fingerprint density at radius 1 is 1.00 bits per heavy atom. The molecule has 0 bridgehead atoms. The highest BCUT2D eigenvalue weighted by molar-refractivity contribution is 6.00. The number of amides is 3. The highest BCUT2D eigenvalue weighted by Crippen LogP contribution is 2.38. The van der Waals surface area contributed by atoms with Gasteiger partial charge in [0.05, 0.1) is 12.8 Å². The van der Waals surface area contributed by atoms with Crippen molar-refractivity contribution in [2.24, 2.45) is 5.92 Å². The second-order valence-corrected chi connectivity index (χ2v) is 10.2. The Labute approximate surface area is 218 Å². The van der Waals surface area contributed by atoms with E-state index in [0.29, 0.717) is 42.7 Å². The molecule has 1 aliphatic heterocycles. The lowest BCUT2D eigenvalue weighted by Crippen LogP contribution is -2.40. The van der Waals surface area contributed by atoms with Crippen LogP contribution in [0.4, 0.5) is 16.2 Å². The van der Waals surface area contributed by atoms with E-state index in [4.69, 9.17) is 4.74 Å². The minimum absolute atomic E-state index is 0.0139. The van der Waals surface area contributed by atoms with Crippen LogP contribution in [0.3, 0.4) is 0 Å². The first-order valence-corrected chi connectivity index (χ1v) is 13.2. The molecule has 4 rings (SSSR count). The fourth-order valence-corrected chi connectivity index (χ4v) is 5.62. The summed E-state index contributed by atoms with van der Waals surface area (Å²) in [5.74, 6) is 0.687. The van der Waals surface area contributed by atoms with Crippen molar-refractivity contribution >= 4 is 29.3 Å². The van der Waals surface area contributed by atoms with Crippen LogP contribution in [0, 0.1) is 12.8 Å². The predicted molar refractivity (Wildman–Crippen MR) is 143 cm³/mol. The summed E-state index contributed by atoms with van der Waals surface area (Å²) >= 11 is 0.